The molecule has 0 spiro atoms. The van der Waals surface area contributed by atoms with Crippen LogP contribution in [0.5, 0.6) is 0 Å². The van der Waals surface area contributed by atoms with Gasteiger partial charge in [-0.1, -0.05) is 74.9 Å². The maximum absolute atomic E-state index is 13.5. The number of sulfonamides is 1. The van der Waals surface area contributed by atoms with E-state index < -0.39 is 34.0 Å². The molecule has 0 bridgehead atoms. The van der Waals surface area contributed by atoms with Crippen molar-refractivity contribution >= 4 is 43.6 Å². The zero-order valence-corrected chi connectivity index (χ0v) is 21.8. The summed E-state index contributed by atoms with van der Waals surface area (Å²) in [4.78, 5) is 29.4. The molecule has 0 radical (unpaired) electrons. The minimum absolute atomic E-state index is 0.0926. The average molecular weight is 522 g/mol. The van der Waals surface area contributed by atoms with Crippen LogP contribution in [0.2, 0.25) is 0 Å². The van der Waals surface area contributed by atoms with Crippen LogP contribution in [0.15, 0.2) is 77.8 Å². The second kappa shape index (κ2) is 11.1. The van der Waals surface area contributed by atoms with Crippen molar-refractivity contribution in [2.45, 2.75) is 43.7 Å². The number of nitrogens with one attached hydrogen (secondary N) is 3. The Balaban J connectivity index is 1.61. The fraction of sp³-hybridized carbons (Fsp3) is 0.286. The zero-order valence-electron chi connectivity index (χ0n) is 21.0. The van der Waals surface area contributed by atoms with E-state index in [-0.39, 0.29) is 17.2 Å². The van der Waals surface area contributed by atoms with Gasteiger partial charge in [0.2, 0.25) is 15.9 Å². The van der Waals surface area contributed by atoms with Crippen molar-refractivity contribution in [2.75, 3.05) is 7.11 Å². The molecule has 0 aliphatic heterocycles. The number of benzene rings is 3. The minimum Gasteiger partial charge on any atom is -0.467 e. The fourth-order valence-electron chi connectivity index (χ4n) is 4.44. The molecular formula is C28H31N3O5S. The minimum atomic E-state index is -4.06. The summed E-state index contributed by atoms with van der Waals surface area (Å²) in [7, 11) is -2.80. The molecule has 194 valence electrons. The second-order valence-electron chi connectivity index (χ2n) is 9.11. The van der Waals surface area contributed by atoms with Gasteiger partial charge in [0.05, 0.1) is 12.0 Å². The van der Waals surface area contributed by atoms with E-state index in [9.17, 15) is 18.0 Å². The first-order valence-electron chi connectivity index (χ1n) is 12.2. The third-order valence-corrected chi connectivity index (χ3v) is 8.22. The van der Waals surface area contributed by atoms with Gasteiger partial charge in [0.25, 0.3) is 0 Å². The van der Waals surface area contributed by atoms with Crippen molar-refractivity contribution in [3.05, 3.63) is 78.5 Å². The number of para-hydroxylation sites is 1. The number of methoxy groups -OCH3 is 1. The lowest BCUT2D eigenvalue weighted by atomic mass is 9.98. The second-order valence-corrected chi connectivity index (χ2v) is 10.8. The molecule has 1 heterocycles. The standard InChI is InChI=1S/C28H31N3O5S/c1-4-18(2)26(31-37(34,35)25-15-9-11-19-10-5-6-13-22(19)25)27(32)30-24(28(33)36-3)16-20-17-29-23-14-8-7-12-21(20)23/h5-15,17-18,24,26,29,31H,4,16H2,1-3H3,(H,30,32)/t18-,24-,26-/m0/s1. The summed E-state index contributed by atoms with van der Waals surface area (Å²) in [6, 6.07) is 17.8. The van der Waals surface area contributed by atoms with E-state index in [4.69, 9.17) is 4.74 Å². The van der Waals surface area contributed by atoms with E-state index in [0.717, 1.165) is 21.9 Å². The van der Waals surface area contributed by atoms with Crippen LogP contribution in [0, 0.1) is 5.92 Å². The van der Waals surface area contributed by atoms with Crippen molar-refractivity contribution in [1.29, 1.82) is 0 Å². The van der Waals surface area contributed by atoms with Gasteiger partial charge < -0.3 is 15.0 Å². The topological polar surface area (TPSA) is 117 Å². The molecule has 37 heavy (non-hydrogen) atoms. The highest BCUT2D eigenvalue weighted by Gasteiger charge is 2.33. The highest BCUT2D eigenvalue weighted by Crippen LogP contribution is 2.24. The van der Waals surface area contributed by atoms with E-state index in [0.29, 0.717) is 11.8 Å². The lowest BCUT2D eigenvalue weighted by molar-refractivity contribution is -0.145. The lowest BCUT2D eigenvalue weighted by Gasteiger charge is -2.26. The van der Waals surface area contributed by atoms with Crippen LogP contribution in [-0.4, -0.2) is 44.5 Å². The molecule has 0 aliphatic carbocycles. The normalized spacial score (nSPS) is 14.2. The summed E-state index contributed by atoms with van der Waals surface area (Å²) in [5.41, 5.74) is 1.75. The molecule has 4 aromatic rings. The van der Waals surface area contributed by atoms with Gasteiger partial charge in [-0.3, -0.25) is 4.79 Å². The molecule has 0 saturated heterocycles. The number of hydrogen-bond acceptors (Lipinski definition) is 5. The highest BCUT2D eigenvalue weighted by molar-refractivity contribution is 7.89. The summed E-state index contributed by atoms with van der Waals surface area (Å²) in [5, 5.41) is 5.01. The monoisotopic (exact) mass is 521 g/mol. The van der Waals surface area contributed by atoms with Gasteiger partial charge in [0.15, 0.2) is 0 Å². The molecule has 0 unspecified atom stereocenters. The Morgan fingerprint density at radius 3 is 2.38 bits per heavy atom. The first-order valence-corrected chi connectivity index (χ1v) is 13.7. The van der Waals surface area contributed by atoms with Crippen molar-refractivity contribution in [3.8, 4) is 0 Å². The number of aromatic amines is 1. The Labute approximate surface area is 216 Å². The molecule has 1 amide bonds. The third-order valence-electron chi connectivity index (χ3n) is 6.72. The van der Waals surface area contributed by atoms with Crippen LogP contribution in [-0.2, 0) is 30.8 Å². The van der Waals surface area contributed by atoms with Crippen LogP contribution < -0.4 is 10.0 Å². The molecule has 1 aromatic heterocycles. The Bertz CT molecular complexity index is 1520. The van der Waals surface area contributed by atoms with Gasteiger partial charge in [-0.15, -0.1) is 0 Å². The number of carbonyl (C=O) groups excluding carboxylic acids is 2. The Kier molecular flexibility index (Phi) is 7.94. The number of amides is 1. The molecular weight excluding hydrogens is 490 g/mol. The van der Waals surface area contributed by atoms with Crippen LogP contribution in [0.4, 0.5) is 0 Å². The van der Waals surface area contributed by atoms with Crippen molar-refractivity contribution < 1.29 is 22.7 Å². The maximum atomic E-state index is 13.5. The van der Waals surface area contributed by atoms with Gasteiger partial charge >= 0.3 is 5.97 Å². The highest BCUT2D eigenvalue weighted by atomic mass is 32.2. The van der Waals surface area contributed by atoms with Crippen molar-refractivity contribution in [3.63, 3.8) is 0 Å². The van der Waals surface area contributed by atoms with E-state index in [2.05, 4.69) is 15.0 Å². The number of H-pyrrole nitrogens is 1. The Morgan fingerprint density at radius 2 is 1.65 bits per heavy atom. The molecule has 9 heteroatoms. The van der Waals surface area contributed by atoms with E-state index in [1.54, 1.807) is 31.3 Å². The maximum Gasteiger partial charge on any atom is 0.328 e. The SMILES string of the molecule is CC[C@H](C)[C@H](NS(=O)(=O)c1cccc2ccccc12)C(=O)N[C@@H](Cc1c[nH]c2ccccc12)C(=O)OC. The summed E-state index contributed by atoms with van der Waals surface area (Å²) in [5.74, 6) is -1.54. The van der Waals surface area contributed by atoms with Gasteiger partial charge in [-0.2, -0.15) is 4.72 Å². The number of rotatable bonds is 10. The molecule has 3 N–H and O–H groups in total. The first-order chi connectivity index (χ1) is 17.7. The number of carbonyl (C=O) groups is 2. The van der Waals surface area contributed by atoms with E-state index in [1.807, 2.05) is 49.4 Å². The van der Waals surface area contributed by atoms with Gasteiger partial charge in [0, 0.05) is 28.9 Å². The van der Waals surface area contributed by atoms with Crippen molar-refractivity contribution in [1.82, 2.24) is 15.0 Å². The third kappa shape index (κ3) is 5.68. The average Bonchev–Trinajstić information content (AvgIpc) is 3.32. The zero-order chi connectivity index (χ0) is 26.6. The van der Waals surface area contributed by atoms with Crippen LogP contribution in [0.25, 0.3) is 21.7 Å². The number of esters is 1. The summed E-state index contributed by atoms with van der Waals surface area (Å²) in [6.07, 6.45) is 2.52. The molecule has 3 aromatic carbocycles. The molecule has 0 saturated carbocycles. The van der Waals surface area contributed by atoms with Crippen LogP contribution >= 0.6 is 0 Å². The van der Waals surface area contributed by atoms with Gasteiger partial charge in [-0.25, -0.2) is 13.2 Å². The number of hydrogen-bond donors (Lipinski definition) is 3. The van der Waals surface area contributed by atoms with Crippen molar-refractivity contribution in [2.24, 2.45) is 5.92 Å². The molecule has 4 rings (SSSR count). The number of aromatic nitrogens is 1. The smallest absolute Gasteiger partial charge is 0.328 e. The van der Waals surface area contributed by atoms with Crippen LogP contribution in [0.3, 0.4) is 0 Å². The summed E-state index contributed by atoms with van der Waals surface area (Å²) >= 11 is 0. The van der Waals surface area contributed by atoms with Gasteiger partial charge in [0.1, 0.15) is 12.1 Å². The van der Waals surface area contributed by atoms with E-state index in [1.165, 1.54) is 13.2 Å². The van der Waals surface area contributed by atoms with Crippen LogP contribution in [0.1, 0.15) is 25.8 Å². The van der Waals surface area contributed by atoms with E-state index >= 15 is 0 Å². The number of ether oxygens (including phenoxy) is 1. The Morgan fingerprint density at radius 1 is 0.973 bits per heavy atom. The molecule has 3 atom stereocenters. The predicted molar refractivity (Wildman–Crippen MR) is 143 cm³/mol. The fourth-order valence-corrected chi connectivity index (χ4v) is 5.98. The van der Waals surface area contributed by atoms with Gasteiger partial charge in [-0.05, 0) is 29.0 Å². The number of fused-ring (bicyclic) bond motifs is 2. The summed E-state index contributed by atoms with van der Waals surface area (Å²) < 4.78 is 34.5. The largest absolute Gasteiger partial charge is 0.467 e. The Hall–Kier alpha value is -3.69. The molecule has 0 fully saturated rings. The first kappa shape index (κ1) is 26.4. The predicted octanol–water partition coefficient (Wildman–Crippen LogP) is 3.91. The molecule has 0 aliphatic rings. The quantitative estimate of drug-likeness (QED) is 0.274. The summed E-state index contributed by atoms with van der Waals surface area (Å²) in [6.45, 7) is 3.67. The lowest BCUT2D eigenvalue weighted by Crippen LogP contribution is -2.54. The molecule has 8 nitrogen and oxygen atoms in total.